The minimum absolute atomic E-state index is 0.0876. The molecule has 0 aliphatic rings. The van der Waals surface area contributed by atoms with E-state index in [9.17, 15) is 9.59 Å². The molecule has 0 radical (unpaired) electrons. The third-order valence-corrected chi connectivity index (χ3v) is 0.978. The maximum atomic E-state index is 10.4. The average molecular weight is 182 g/mol. The van der Waals surface area contributed by atoms with Gasteiger partial charge in [0.05, 0.1) is 0 Å². The lowest BCUT2D eigenvalue weighted by molar-refractivity contribution is -0.140. The van der Waals surface area contributed by atoms with Gasteiger partial charge in [0, 0.05) is 12.8 Å². The largest absolute Gasteiger partial charge is 0.462 e. The van der Waals surface area contributed by atoms with Crippen molar-refractivity contribution < 1.29 is 19.1 Å². The monoisotopic (exact) mass is 182 g/mol. The molecule has 0 saturated heterocycles. The van der Waals surface area contributed by atoms with Crippen LogP contribution in [0.25, 0.3) is 0 Å². The summed E-state index contributed by atoms with van der Waals surface area (Å²) in [6.07, 6.45) is 7.84. The molecule has 0 atom stereocenters. The van der Waals surface area contributed by atoms with Gasteiger partial charge in [0.15, 0.2) is 0 Å². The van der Waals surface area contributed by atoms with Crippen molar-refractivity contribution in [1.29, 1.82) is 0 Å². The zero-order chi connectivity index (χ0) is 10.1. The molecule has 70 valence electrons. The number of rotatable bonds is 4. The molecule has 0 unspecified atom stereocenters. The highest BCUT2D eigenvalue weighted by molar-refractivity contribution is 5.87. The topological polar surface area (TPSA) is 52.6 Å². The summed E-state index contributed by atoms with van der Waals surface area (Å²) in [6.45, 7) is 1.57. The summed E-state index contributed by atoms with van der Waals surface area (Å²) >= 11 is 0. The number of hydrogen-bond acceptors (Lipinski definition) is 4. The molecule has 0 bridgehead atoms. The van der Waals surface area contributed by atoms with Crippen molar-refractivity contribution in [2.75, 3.05) is 13.2 Å². The molecule has 0 saturated carbocycles. The third-order valence-electron chi connectivity index (χ3n) is 0.978. The van der Waals surface area contributed by atoms with Gasteiger partial charge in [0.2, 0.25) is 0 Å². The van der Waals surface area contributed by atoms with Crippen LogP contribution in [0.3, 0.4) is 0 Å². The molecule has 0 N–H and O–H groups in total. The van der Waals surface area contributed by atoms with Gasteiger partial charge >= 0.3 is 11.9 Å². The van der Waals surface area contributed by atoms with E-state index in [2.05, 4.69) is 9.47 Å². The predicted molar refractivity (Wildman–Crippen MR) is 45.6 cm³/mol. The summed E-state index contributed by atoms with van der Waals surface area (Å²) < 4.78 is 9.06. The second kappa shape index (κ2) is 6.92. The van der Waals surface area contributed by atoms with Crippen LogP contribution in [-0.2, 0) is 19.1 Å². The second-order valence-electron chi connectivity index (χ2n) is 2.02. The summed E-state index contributed by atoms with van der Waals surface area (Å²) in [5, 5.41) is 0. The summed E-state index contributed by atoms with van der Waals surface area (Å²) in [4.78, 5) is 20.6. The lowest BCUT2D eigenvalue weighted by Gasteiger charge is -1.95. The fourth-order valence-electron chi connectivity index (χ4n) is 0.467. The van der Waals surface area contributed by atoms with Crippen molar-refractivity contribution in [3.63, 3.8) is 0 Å². The van der Waals surface area contributed by atoms with Crippen LogP contribution in [-0.4, -0.2) is 25.2 Å². The zero-order valence-corrected chi connectivity index (χ0v) is 7.28. The van der Waals surface area contributed by atoms with Crippen LogP contribution < -0.4 is 0 Å². The van der Waals surface area contributed by atoms with Crippen LogP contribution in [0.2, 0.25) is 0 Å². The van der Waals surface area contributed by atoms with Gasteiger partial charge in [0.25, 0.3) is 0 Å². The molecular weight excluding hydrogens is 172 g/mol. The number of terminal acetylenes is 1. The maximum absolute atomic E-state index is 10.4. The molecule has 0 aliphatic heterocycles. The van der Waals surface area contributed by atoms with Crippen LogP contribution in [0.5, 0.6) is 0 Å². The lowest BCUT2D eigenvalue weighted by Crippen LogP contribution is -2.01. The van der Waals surface area contributed by atoms with E-state index < -0.39 is 5.97 Å². The first kappa shape index (κ1) is 11.2. The molecule has 0 spiro atoms. The first-order valence-electron chi connectivity index (χ1n) is 3.58. The number of carbonyl (C=O) groups excluding carboxylic acids is 2. The molecule has 0 aromatic rings. The minimum Gasteiger partial charge on any atom is -0.462 e. The number of esters is 2. The van der Waals surface area contributed by atoms with Crippen molar-refractivity contribution in [3.8, 4) is 12.3 Å². The smallest absolute Gasteiger partial charge is 0.384 e. The van der Waals surface area contributed by atoms with Crippen molar-refractivity contribution in [2.45, 2.75) is 6.92 Å². The van der Waals surface area contributed by atoms with Crippen LogP contribution in [0.4, 0.5) is 0 Å². The standard InChI is InChI=1S/C9H10O4/c1-3-9(11)13-7-5-4-6-12-8(2)10/h1,4-5H,6-7H2,2H3/b5-4-. The normalized spacial score (nSPS) is 9.23. The van der Waals surface area contributed by atoms with Crippen molar-refractivity contribution in [2.24, 2.45) is 0 Å². The quantitative estimate of drug-likeness (QED) is 0.271. The van der Waals surface area contributed by atoms with Crippen LogP contribution in [0.1, 0.15) is 6.92 Å². The Kier molecular flexibility index (Phi) is 5.98. The van der Waals surface area contributed by atoms with Crippen molar-refractivity contribution in [1.82, 2.24) is 0 Å². The SMILES string of the molecule is C#CC(=O)OC/C=C\COC(C)=O. The van der Waals surface area contributed by atoms with Gasteiger partial charge in [0.1, 0.15) is 13.2 Å². The summed E-state index contributed by atoms with van der Waals surface area (Å²) in [5.41, 5.74) is 0. The van der Waals surface area contributed by atoms with E-state index in [4.69, 9.17) is 6.42 Å². The minimum atomic E-state index is -0.711. The predicted octanol–water partition coefficient (Wildman–Crippen LogP) is 0.282. The molecule has 0 heterocycles. The van der Waals surface area contributed by atoms with Crippen LogP contribution in [0, 0.1) is 12.3 Å². The fraction of sp³-hybridized carbons (Fsp3) is 0.333. The van der Waals surface area contributed by atoms with Gasteiger partial charge in [-0.05, 0) is 12.2 Å². The Labute approximate surface area is 76.5 Å². The fourth-order valence-corrected chi connectivity index (χ4v) is 0.467. The molecular formula is C9H10O4. The molecule has 0 amide bonds. The average Bonchev–Trinajstić information content (AvgIpc) is 2.10. The van der Waals surface area contributed by atoms with Gasteiger partial charge in [-0.3, -0.25) is 4.79 Å². The molecule has 0 rings (SSSR count). The van der Waals surface area contributed by atoms with E-state index in [1.807, 2.05) is 0 Å². The first-order chi connectivity index (χ1) is 6.16. The molecule has 0 aliphatic carbocycles. The summed E-state index contributed by atoms with van der Waals surface area (Å²) in [7, 11) is 0. The van der Waals surface area contributed by atoms with Gasteiger partial charge in [-0.2, -0.15) is 0 Å². The number of ether oxygens (including phenoxy) is 2. The van der Waals surface area contributed by atoms with Gasteiger partial charge < -0.3 is 9.47 Å². The van der Waals surface area contributed by atoms with Crippen molar-refractivity contribution in [3.05, 3.63) is 12.2 Å². The molecule has 0 aromatic heterocycles. The van der Waals surface area contributed by atoms with E-state index >= 15 is 0 Å². The van der Waals surface area contributed by atoms with E-state index in [1.165, 1.54) is 13.0 Å². The van der Waals surface area contributed by atoms with Crippen molar-refractivity contribution >= 4 is 11.9 Å². The Morgan fingerprint density at radius 3 is 2.31 bits per heavy atom. The van der Waals surface area contributed by atoms with Gasteiger partial charge in [-0.1, -0.05) is 0 Å². The lowest BCUT2D eigenvalue weighted by atomic mass is 10.5. The Morgan fingerprint density at radius 1 is 1.31 bits per heavy atom. The number of carbonyl (C=O) groups is 2. The number of hydrogen-bond donors (Lipinski definition) is 0. The highest BCUT2D eigenvalue weighted by Gasteiger charge is 1.91. The Morgan fingerprint density at radius 2 is 1.85 bits per heavy atom. The van der Waals surface area contributed by atoms with Crippen LogP contribution >= 0.6 is 0 Å². The molecule has 0 fully saturated rings. The van der Waals surface area contributed by atoms with Crippen LogP contribution in [0.15, 0.2) is 12.2 Å². The maximum Gasteiger partial charge on any atom is 0.384 e. The summed E-state index contributed by atoms with van der Waals surface area (Å²) in [5.74, 6) is 0.726. The Bertz CT molecular complexity index is 247. The molecule has 13 heavy (non-hydrogen) atoms. The van der Waals surface area contributed by atoms with E-state index in [-0.39, 0.29) is 19.2 Å². The summed E-state index contributed by atoms with van der Waals surface area (Å²) in [6, 6.07) is 0. The Balaban J connectivity index is 3.38. The van der Waals surface area contributed by atoms with E-state index in [0.29, 0.717) is 0 Å². The first-order valence-corrected chi connectivity index (χ1v) is 3.58. The highest BCUT2D eigenvalue weighted by Crippen LogP contribution is 1.81. The zero-order valence-electron chi connectivity index (χ0n) is 7.28. The van der Waals surface area contributed by atoms with Gasteiger partial charge in [-0.25, -0.2) is 4.79 Å². The van der Waals surface area contributed by atoms with Gasteiger partial charge in [-0.15, -0.1) is 6.42 Å². The third kappa shape index (κ3) is 8.14. The molecule has 4 nitrogen and oxygen atoms in total. The highest BCUT2D eigenvalue weighted by atomic mass is 16.5. The van der Waals surface area contributed by atoms with E-state index in [1.54, 1.807) is 12.0 Å². The second-order valence-corrected chi connectivity index (χ2v) is 2.02. The molecule has 0 aromatic carbocycles. The Hall–Kier alpha value is -1.76. The van der Waals surface area contributed by atoms with E-state index in [0.717, 1.165) is 0 Å². The molecule has 4 heteroatoms.